The third kappa shape index (κ3) is 2.21. The average Bonchev–Trinajstić information content (AvgIpc) is 3.08. The van der Waals surface area contributed by atoms with Crippen molar-refractivity contribution in [2.45, 2.75) is 24.7 Å². The van der Waals surface area contributed by atoms with Gasteiger partial charge in [0.15, 0.2) is 0 Å². The van der Waals surface area contributed by atoms with Crippen molar-refractivity contribution in [1.82, 2.24) is 0 Å². The van der Waals surface area contributed by atoms with Crippen LogP contribution in [0.4, 0.5) is 0 Å². The second-order valence-corrected chi connectivity index (χ2v) is 4.42. The van der Waals surface area contributed by atoms with Gasteiger partial charge in [-0.2, -0.15) is 0 Å². The number of hydrogen-bond acceptors (Lipinski definition) is 2. The van der Waals surface area contributed by atoms with E-state index in [2.05, 4.69) is 24.3 Å². The number of methoxy groups -OCH3 is 1. The minimum atomic E-state index is 0.319. The molecular formula is C13H19NO. The first-order chi connectivity index (χ1) is 7.30. The molecule has 2 rings (SSSR count). The maximum atomic E-state index is 5.80. The summed E-state index contributed by atoms with van der Waals surface area (Å²) in [4.78, 5) is 0. The van der Waals surface area contributed by atoms with E-state index in [0.29, 0.717) is 5.41 Å². The van der Waals surface area contributed by atoms with Crippen molar-refractivity contribution in [3.8, 4) is 0 Å². The van der Waals surface area contributed by atoms with Crippen LogP contribution in [0.5, 0.6) is 0 Å². The van der Waals surface area contributed by atoms with Gasteiger partial charge in [-0.1, -0.05) is 24.3 Å². The first-order valence-corrected chi connectivity index (χ1v) is 5.59. The van der Waals surface area contributed by atoms with Crippen LogP contribution in [0.25, 0.3) is 0 Å². The Morgan fingerprint density at radius 2 is 1.93 bits per heavy atom. The highest BCUT2D eigenvalue weighted by Crippen LogP contribution is 2.47. The SMILES string of the molecule is COCCc1ccc(C2(CN)CC2)cc1. The van der Waals surface area contributed by atoms with Gasteiger partial charge in [-0.15, -0.1) is 0 Å². The Labute approximate surface area is 91.4 Å². The zero-order valence-electron chi connectivity index (χ0n) is 9.33. The lowest BCUT2D eigenvalue weighted by Gasteiger charge is -2.13. The molecule has 0 spiro atoms. The molecule has 15 heavy (non-hydrogen) atoms. The normalized spacial score (nSPS) is 17.7. The second-order valence-electron chi connectivity index (χ2n) is 4.42. The molecular weight excluding hydrogens is 186 g/mol. The number of nitrogens with two attached hydrogens (primary N) is 1. The van der Waals surface area contributed by atoms with E-state index in [9.17, 15) is 0 Å². The molecule has 1 aliphatic rings. The number of hydrogen-bond donors (Lipinski definition) is 1. The van der Waals surface area contributed by atoms with Crippen molar-refractivity contribution in [2.24, 2.45) is 5.73 Å². The monoisotopic (exact) mass is 205 g/mol. The number of rotatable bonds is 5. The summed E-state index contributed by atoms with van der Waals surface area (Å²) in [7, 11) is 1.74. The molecule has 0 saturated heterocycles. The smallest absolute Gasteiger partial charge is 0.0502 e. The molecule has 0 radical (unpaired) electrons. The van der Waals surface area contributed by atoms with Gasteiger partial charge >= 0.3 is 0 Å². The summed E-state index contributed by atoms with van der Waals surface area (Å²) in [6, 6.07) is 8.85. The van der Waals surface area contributed by atoms with Gasteiger partial charge in [0.2, 0.25) is 0 Å². The Kier molecular flexibility index (Phi) is 3.08. The van der Waals surface area contributed by atoms with E-state index in [-0.39, 0.29) is 0 Å². The third-order valence-corrected chi connectivity index (χ3v) is 3.41. The molecule has 0 atom stereocenters. The van der Waals surface area contributed by atoms with E-state index in [1.165, 1.54) is 24.0 Å². The zero-order chi connectivity index (χ0) is 10.7. The van der Waals surface area contributed by atoms with E-state index >= 15 is 0 Å². The molecule has 2 heteroatoms. The minimum Gasteiger partial charge on any atom is -0.384 e. The maximum absolute atomic E-state index is 5.80. The molecule has 82 valence electrons. The highest BCUT2D eigenvalue weighted by atomic mass is 16.5. The molecule has 0 amide bonds. The molecule has 1 fully saturated rings. The zero-order valence-corrected chi connectivity index (χ0v) is 9.33. The molecule has 1 saturated carbocycles. The standard InChI is InChI=1S/C13H19NO/c1-15-9-6-11-2-4-12(5-3-11)13(10-14)7-8-13/h2-5H,6-10,14H2,1H3. The molecule has 1 aliphatic carbocycles. The van der Waals surface area contributed by atoms with Crippen LogP contribution < -0.4 is 5.73 Å². The maximum Gasteiger partial charge on any atom is 0.0502 e. The van der Waals surface area contributed by atoms with Crippen LogP contribution in [0.2, 0.25) is 0 Å². The van der Waals surface area contributed by atoms with Crippen LogP contribution in [0.1, 0.15) is 24.0 Å². The summed E-state index contributed by atoms with van der Waals surface area (Å²) in [5, 5.41) is 0. The van der Waals surface area contributed by atoms with Crippen molar-refractivity contribution in [3.63, 3.8) is 0 Å². The molecule has 0 heterocycles. The summed E-state index contributed by atoms with van der Waals surface area (Å²) < 4.78 is 5.06. The molecule has 0 bridgehead atoms. The first kappa shape index (κ1) is 10.7. The minimum absolute atomic E-state index is 0.319. The lowest BCUT2D eigenvalue weighted by molar-refractivity contribution is 0.202. The molecule has 0 aromatic heterocycles. The largest absolute Gasteiger partial charge is 0.384 e. The van der Waals surface area contributed by atoms with Gasteiger partial charge in [-0.05, 0) is 30.4 Å². The third-order valence-electron chi connectivity index (χ3n) is 3.41. The summed E-state index contributed by atoms with van der Waals surface area (Å²) in [5.41, 5.74) is 8.87. The Balaban J connectivity index is 2.04. The predicted octanol–water partition coefficient (Wildman–Crippen LogP) is 1.87. The van der Waals surface area contributed by atoms with Gasteiger partial charge in [0.1, 0.15) is 0 Å². The van der Waals surface area contributed by atoms with Gasteiger partial charge in [0, 0.05) is 19.1 Å². The number of ether oxygens (including phenoxy) is 1. The highest BCUT2D eigenvalue weighted by molar-refractivity contribution is 5.34. The van der Waals surface area contributed by atoms with Crippen LogP contribution in [0, 0.1) is 0 Å². The molecule has 2 nitrogen and oxygen atoms in total. The van der Waals surface area contributed by atoms with Crippen LogP contribution in [-0.2, 0) is 16.6 Å². The predicted molar refractivity (Wildman–Crippen MR) is 62.0 cm³/mol. The van der Waals surface area contributed by atoms with E-state index in [1.54, 1.807) is 7.11 Å². The summed E-state index contributed by atoms with van der Waals surface area (Å²) in [5.74, 6) is 0. The quantitative estimate of drug-likeness (QED) is 0.796. The van der Waals surface area contributed by atoms with Crippen LogP contribution in [-0.4, -0.2) is 20.3 Å². The Morgan fingerprint density at radius 1 is 1.27 bits per heavy atom. The summed E-state index contributed by atoms with van der Waals surface area (Å²) >= 11 is 0. The van der Waals surface area contributed by atoms with E-state index < -0.39 is 0 Å². The van der Waals surface area contributed by atoms with Crippen LogP contribution in [0.15, 0.2) is 24.3 Å². The van der Waals surface area contributed by atoms with Crippen molar-refractivity contribution in [3.05, 3.63) is 35.4 Å². The lowest BCUT2D eigenvalue weighted by atomic mass is 9.95. The van der Waals surface area contributed by atoms with Crippen molar-refractivity contribution in [2.75, 3.05) is 20.3 Å². The molecule has 0 aliphatic heterocycles. The fraction of sp³-hybridized carbons (Fsp3) is 0.538. The number of benzene rings is 1. The van der Waals surface area contributed by atoms with Crippen molar-refractivity contribution in [1.29, 1.82) is 0 Å². The van der Waals surface area contributed by atoms with Crippen molar-refractivity contribution >= 4 is 0 Å². The van der Waals surface area contributed by atoms with Gasteiger partial charge < -0.3 is 10.5 Å². The molecule has 2 N–H and O–H groups in total. The van der Waals surface area contributed by atoms with Gasteiger partial charge in [0.05, 0.1) is 6.61 Å². The van der Waals surface area contributed by atoms with Gasteiger partial charge in [-0.3, -0.25) is 0 Å². The van der Waals surface area contributed by atoms with Crippen LogP contribution in [0.3, 0.4) is 0 Å². The molecule has 1 aromatic rings. The van der Waals surface area contributed by atoms with Crippen LogP contribution >= 0.6 is 0 Å². The van der Waals surface area contributed by atoms with E-state index in [1.807, 2.05) is 0 Å². The average molecular weight is 205 g/mol. The second kappa shape index (κ2) is 4.33. The summed E-state index contributed by atoms with van der Waals surface area (Å²) in [6.45, 7) is 1.58. The Morgan fingerprint density at radius 3 is 2.40 bits per heavy atom. The lowest BCUT2D eigenvalue weighted by Crippen LogP contribution is -2.19. The van der Waals surface area contributed by atoms with E-state index in [4.69, 9.17) is 10.5 Å². The molecule has 0 unspecified atom stereocenters. The fourth-order valence-electron chi connectivity index (χ4n) is 2.01. The van der Waals surface area contributed by atoms with E-state index in [0.717, 1.165) is 19.6 Å². The topological polar surface area (TPSA) is 35.2 Å². The fourth-order valence-corrected chi connectivity index (χ4v) is 2.01. The highest BCUT2D eigenvalue weighted by Gasteiger charge is 2.42. The Bertz CT molecular complexity index is 314. The summed E-state index contributed by atoms with van der Waals surface area (Å²) in [6.07, 6.45) is 3.49. The van der Waals surface area contributed by atoms with Gasteiger partial charge in [0.25, 0.3) is 0 Å². The molecule has 1 aromatic carbocycles. The van der Waals surface area contributed by atoms with Crippen molar-refractivity contribution < 1.29 is 4.74 Å². The Hall–Kier alpha value is -0.860. The van der Waals surface area contributed by atoms with Gasteiger partial charge in [-0.25, -0.2) is 0 Å². The first-order valence-electron chi connectivity index (χ1n) is 5.59.